The summed E-state index contributed by atoms with van der Waals surface area (Å²) in [6, 6.07) is 0. The third-order valence-electron chi connectivity index (χ3n) is 5.71. The van der Waals surface area contributed by atoms with Gasteiger partial charge in [-0.25, -0.2) is 4.79 Å². The van der Waals surface area contributed by atoms with Crippen LogP contribution in [0.1, 0.15) is 104 Å². The summed E-state index contributed by atoms with van der Waals surface area (Å²) >= 11 is 0. The van der Waals surface area contributed by atoms with Gasteiger partial charge in [-0.2, -0.15) is 0 Å². The lowest BCUT2D eigenvalue weighted by molar-refractivity contribution is -0.155. The molecule has 0 radical (unpaired) electrons. The van der Waals surface area contributed by atoms with E-state index in [0.717, 1.165) is 19.3 Å². The highest BCUT2D eigenvalue weighted by Gasteiger charge is 2.44. The van der Waals surface area contributed by atoms with Gasteiger partial charge in [0.15, 0.2) is 17.6 Å². The van der Waals surface area contributed by atoms with Crippen molar-refractivity contribution >= 4 is 11.8 Å². The van der Waals surface area contributed by atoms with Crippen molar-refractivity contribution < 1.29 is 34.4 Å². The molecule has 1 aliphatic rings. The van der Waals surface area contributed by atoms with E-state index < -0.39 is 35.8 Å². The van der Waals surface area contributed by atoms with Gasteiger partial charge in [-0.15, -0.1) is 0 Å². The molecule has 180 valence electrons. The Labute approximate surface area is 186 Å². The van der Waals surface area contributed by atoms with Gasteiger partial charge in [-0.05, 0) is 13.3 Å². The molecule has 7 heteroatoms. The Morgan fingerprint density at radius 1 is 0.903 bits per heavy atom. The first kappa shape index (κ1) is 27.4. The number of cyclic esters (lactones) is 1. The van der Waals surface area contributed by atoms with Crippen molar-refractivity contribution in [2.45, 2.75) is 122 Å². The lowest BCUT2D eigenvalue weighted by atomic mass is 9.98. The van der Waals surface area contributed by atoms with Crippen molar-refractivity contribution in [1.29, 1.82) is 0 Å². The number of hydrogen-bond donors (Lipinski definition) is 3. The van der Waals surface area contributed by atoms with Gasteiger partial charge in [0.25, 0.3) is 0 Å². The Bertz CT molecular complexity index is 558. The number of carbonyl (C=O) groups is 2. The van der Waals surface area contributed by atoms with Crippen LogP contribution in [0.2, 0.25) is 0 Å². The van der Waals surface area contributed by atoms with Crippen LogP contribution in [0.25, 0.3) is 0 Å². The molecule has 0 aliphatic carbocycles. The summed E-state index contributed by atoms with van der Waals surface area (Å²) in [7, 11) is 0. The van der Waals surface area contributed by atoms with Crippen LogP contribution >= 0.6 is 0 Å². The van der Waals surface area contributed by atoms with Crippen LogP contribution in [0.5, 0.6) is 0 Å². The van der Waals surface area contributed by atoms with Gasteiger partial charge in [0.05, 0.1) is 6.61 Å². The number of Topliss-reactive ketones (excluding diaryl/α,β-unsaturated/α-hetero) is 1. The normalized spacial score (nSPS) is 18.2. The van der Waals surface area contributed by atoms with Crippen molar-refractivity contribution in [3.05, 3.63) is 11.5 Å². The van der Waals surface area contributed by atoms with Crippen molar-refractivity contribution in [2.75, 3.05) is 6.61 Å². The molecule has 0 saturated carbocycles. The molecule has 1 heterocycles. The van der Waals surface area contributed by atoms with Crippen molar-refractivity contribution in [2.24, 2.45) is 0 Å². The number of hydrogen-bond acceptors (Lipinski definition) is 7. The number of ether oxygens (including phenoxy) is 2. The number of aliphatic hydroxyl groups excluding tert-OH is 3. The van der Waals surface area contributed by atoms with Crippen LogP contribution in [0, 0.1) is 0 Å². The fraction of sp³-hybridized carbons (Fsp3) is 0.833. The van der Waals surface area contributed by atoms with Crippen molar-refractivity contribution in [3.63, 3.8) is 0 Å². The molecule has 1 unspecified atom stereocenters. The number of carbonyl (C=O) groups excluding carboxylic acids is 2. The van der Waals surface area contributed by atoms with E-state index in [4.69, 9.17) is 9.47 Å². The smallest absolute Gasteiger partial charge is 0.378 e. The molecule has 1 aliphatic heterocycles. The van der Waals surface area contributed by atoms with Crippen LogP contribution in [0.4, 0.5) is 0 Å². The summed E-state index contributed by atoms with van der Waals surface area (Å²) in [4.78, 5) is 23.7. The highest BCUT2D eigenvalue weighted by atomic mass is 16.6. The molecule has 0 saturated heterocycles. The highest BCUT2D eigenvalue weighted by Crippen LogP contribution is 2.26. The molecular weight excluding hydrogens is 400 g/mol. The summed E-state index contributed by atoms with van der Waals surface area (Å²) in [5.41, 5.74) is 0. The van der Waals surface area contributed by atoms with Crippen LogP contribution in [0.3, 0.4) is 0 Å². The fourth-order valence-corrected chi connectivity index (χ4v) is 3.81. The predicted molar refractivity (Wildman–Crippen MR) is 118 cm³/mol. The molecule has 0 spiro atoms. The largest absolute Gasteiger partial charge is 0.499 e. The van der Waals surface area contributed by atoms with Gasteiger partial charge in [0, 0.05) is 6.42 Å². The van der Waals surface area contributed by atoms with E-state index in [2.05, 4.69) is 6.92 Å². The minimum atomic E-state index is -1.70. The van der Waals surface area contributed by atoms with Crippen LogP contribution in [-0.2, 0) is 19.1 Å². The Balaban J connectivity index is 2.13. The first-order valence-corrected chi connectivity index (χ1v) is 12.1. The standard InChI is InChI=1S/C24H42O7/c1-3-5-6-7-8-9-10-11-12-13-14-15-16-17-18(25)19(26)20(27)23-22(30-4-2)21(28)24(29)31-23/h19-20,23,26-28H,3-17H2,1-2H3/t19?,20-,23+/m0/s1. The van der Waals surface area contributed by atoms with Gasteiger partial charge in [-0.3, -0.25) is 4.79 Å². The molecule has 7 nitrogen and oxygen atoms in total. The maximum atomic E-state index is 12.2. The topological polar surface area (TPSA) is 113 Å². The Kier molecular flexibility index (Phi) is 14.2. The number of ketones is 1. The molecule has 0 aromatic carbocycles. The maximum Gasteiger partial charge on any atom is 0.378 e. The second-order valence-corrected chi connectivity index (χ2v) is 8.37. The van der Waals surface area contributed by atoms with Crippen molar-refractivity contribution in [1.82, 2.24) is 0 Å². The van der Waals surface area contributed by atoms with Crippen LogP contribution < -0.4 is 0 Å². The van der Waals surface area contributed by atoms with E-state index in [1.165, 1.54) is 57.8 Å². The molecule has 0 amide bonds. The lowest BCUT2D eigenvalue weighted by Crippen LogP contribution is -2.43. The summed E-state index contributed by atoms with van der Waals surface area (Å²) in [5.74, 6) is -2.52. The summed E-state index contributed by atoms with van der Waals surface area (Å²) < 4.78 is 9.98. The summed E-state index contributed by atoms with van der Waals surface area (Å²) in [5, 5.41) is 30.1. The van der Waals surface area contributed by atoms with E-state index in [9.17, 15) is 24.9 Å². The average Bonchev–Trinajstić information content (AvgIpc) is 3.04. The van der Waals surface area contributed by atoms with Crippen LogP contribution in [0.15, 0.2) is 11.5 Å². The Morgan fingerprint density at radius 3 is 1.87 bits per heavy atom. The van der Waals surface area contributed by atoms with Gasteiger partial charge in [-0.1, -0.05) is 84.0 Å². The Hall–Kier alpha value is -1.60. The second kappa shape index (κ2) is 16.1. The van der Waals surface area contributed by atoms with Gasteiger partial charge >= 0.3 is 5.97 Å². The first-order chi connectivity index (χ1) is 14.9. The molecule has 3 N–H and O–H groups in total. The average molecular weight is 443 g/mol. The molecular formula is C24H42O7. The van der Waals surface area contributed by atoms with Gasteiger partial charge < -0.3 is 24.8 Å². The van der Waals surface area contributed by atoms with E-state index in [1.807, 2.05) is 0 Å². The SMILES string of the molecule is CCCCCCCCCCCCCCCC(=O)C(O)[C@H](O)[C@H]1OC(=O)C(O)=C1OCC. The van der Waals surface area contributed by atoms with Gasteiger partial charge in [0.2, 0.25) is 5.76 Å². The summed E-state index contributed by atoms with van der Waals surface area (Å²) in [6.07, 6.45) is 10.9. The van der Waals surface area contributed by atoms with E-state index >= 15 is 0 Å². The van der Waals surface area contributed by atoms with E-state index in [1.54, 1.807) is 6.92 Å². The van der Waals surface area contributed by atoms with Crippen LogP contribution in [-0.4, -0.2) is 52.0 Å². The molecule has 0 fully saturated rings. The zero-order valence-corrected chi connectivity index (χ0v) is 19.3. The molecule has 3 atom stereocenters. The number of unbranched alkanes of at least 4 members (excludes halogenated alkanes) is 12. The second-order valence-electron chi connectivity index (χ2n) is 8.37. The van der Waals surface area contributed by atoms with Gasteiger partial charge in [0.1, 0.15) is 12.2 Å². The monoisotopic (exact) mass is 442 g/mol. The summed E-state index contributed by atoms with van der Waals surface area (Å²) in [6.45, 7) is 4.02. The zero-order chi connectivity index (χ0) is 23.1. The quantitative estimate of drug-likeness (QED) is 0.199. The van der Waals surface area contributed by atoms with E-state index in [-0.39, 0.29) is 18.8 Å². The maximum absolute atomic E-state index is 12.2. The highest BCUT2D eigenvalue weighted by molar-refractivity contribution is 5.89. The lowest BCUT2D eigenvalue weighted by Gasteiger charge is -2.23. The van der Waals surface area contributed by atoms with Crippen molar-refractivity contribution in [3.8, 4) is 0 Å². The zero-order valence-electron chi connectivity index (χ0n) is 19.3. The number of aliphatic hydroxyl groups is 3. The Morgan fingerprint density at radius 2 is 1.39 bits per heavy atom. The number of rotatable bonds is 19. The molecule has 1 rings (SSSR count). The molecule has 0 aromatic heterocycles. The molecule has 0 bridgehead atoms. The molecule has 0 aromatic rings. The number of esters is 1. The fourth-order valence-electron chi connectivity index (χ4n) is 3.81. The first-order valence-electron chi connectivity index (χ1n) is 12.1. The third kappa shape index (κ3) is 10.0. The molecule has 31 heavy (non-hydrogen) atoms. The minimum Gasteiger partial charge on any atom is -0.499 e. The van der Waals surface area contributed by atoms with E-state index in [0.29, 0.717) is 6.42 Å². The third-order valence-corrected chi connectivity index (χ3v) is 5.71. The minimum absolute atomic E-state index is 0.141. The predicted octanol–water partition coefficient (Wildman–Crippen LogP) is 4.49.